The highest BCUT2D eigenvalue weighted by Gasteiger charge is 2.27. The summed E-state index contributed by atoms with van der Waals surface area (Å²) in [6.45, 7) is 5.95. The lowest BCUT2D eigenvalue weighted by Crippen LogP contribution is -2.37. The van der Waals surface area contributed by atoms with E-state index in [9.17, 15) is 4.79 Å². The number of ether oxygens (including phenoxy) is 1. The van der Waals surface area contributed by atoms with E-state index in [1.807, 2.05) is 13.8 Å². The molecule has 2 aromatic rings. The van der Waals surface area contributed by atoms with E-state index in [2.05, 4.69) is 25.9 Å². The molecule has 3 heterocycles. The second-order valence-corrected chi connectivity index (χ2v) is 5.43. The lowest BCUT2D eigenvalue weighted by atomic mass is 9.97. The van der Waals surface area contributed by atoms with Gasteiger partial charge in [-0.15, -0.1) is 0 Å². The third kappa shape index (κ3) is 2.70. The van der Waals surface area contributed by atoms with Gasteiger partial charge in [-0.3, -0.25) is 4.79 Å². The molecule has 0 aliphatic carbocycles. The first kappa shape index (κ1) is 13.9. The van der Waals surface area contributed by atoms with Crippen LogP contribution < -0.4 is 4.90 Å². The maximum Gasteiger partial charge on any atom is 0.309 e. The van der Waals surface area contributed by atoms with Crippen molar-refractivity contribution in [2.75, 3.05) is 24.6 Å². The standard InChI is InChI=1S/C15H20N4O2/c1-3-21-15(20)11-4-6-19(7-5-11)14-12-8-10(2)18-13(12)16-9-17-14/h8-9,11H,3-7H2,1-2H3,(H,16,17,18). The Labute approximate surface area is 123 Å². The fourth-order valence-corrected chi connectivity index (χ4v) is 2.90. The van der Waals surface area contributed by atoms with Crippen LogP contribution in [0.5, 0.6) is 0 Å². The fourth-order valence-electron chi connectivity index (χ4n) is 2.90. The lowest BCUT2D eigenvalue weighted by Gasteiger charge is -2.31. The minimum atomic E-state index is -0.0672. The Kier molecular flexibility index (Phi) is 3.77. The van der Waals surface area contributed by atoms with Gasteiger partial charge in [-0.05, 0) is 32.8 Å². The molecule has 0 spiro atoms. The molecule has 0 amide bonds. The van der Waals surface area contributed by atoms with Crippen LogP contribution in [-0.2, 0) is 9.53 Å². The number of piperidine rings is 1. The highest BCUT2D eigenvalue weighted by atomic mass is 16.5. The van der Waals surface area contributed by atoms with E-state index in [1.165, 1.54) is 0 Å². The molecule has 112 valence electrons. The van der Waals surface area contributed by atoms with Gasteiger partial charge in [0.2, 0.25) is 0 Å². The van der Waals surface area contributed by atoms with Crippen LogP contribution >= 0.6 is 0 Å². The van der Waals surface area contributed by atoms with Crippen molar-refractivity contribution in [3.05, 3.63) is 18.1 Å². The van der Waals surface area contributed by atoms with Crippen LogP contribution in [0.1, 0.15) is 25.5 Å². The summed E-state index contributed by atoms with van der Waals surface area (Å²) in [5.41, 5.74) is 1.94. The third-order valence-electron chi connectivity index (χ3n) is 3.95. The van der Waals surface area contributed by atoms with Crippen LogP contribution in [0.2, 0.25) is 0 Å². The van der Waals surface area contributed by atoms with Gasteiger partial charge in [-0.25, -0.2) is 9.97 Å². The van der Waals surface area contributed by atoms with Gasteiger partial charge < -0.3 is 14.6 Å². The number of aryl methyl sites for hydroxylation is 1. The van der Waals surface area contributed by atoms with Crippen LogP contribution in [0.4, 0.5) is 5.82 Å². The van der Waals surface area contributed by atoms with Crippen LogP contribution in [-0.4, -0.2) is 40.6 Å². The number of nitrogens with one attached hydrogen (secondary N) is 1. The Hall–Kier alpha value is -2.11. The summed E-state index contributed by atoms with van der Waals surface area (Å²) in [4.78, 5) is 25.9. The van der Waals surface area contributed by atoms with Crippen LogP contribution in [0.15, 0.2) is 12.4 Å². The summed E-state index contributed by atoms with van der Waals surface area (Å²) in [5, 5.41) is 1.05. The molecule has 1 aliphatic rings. The number of hydrogen-bond donors (Lipinski definition) is 1. The molecule has 0 bridgehead atoms. The molecule has 2 aromatic heterocycles. The van der Waals surface area contributed by atoms with Crippen molar-refractivity contribution in [1.82, 2.24) is 15.0 Å². The number of H-pyrrole nitrogens is 1. The zero-order chi connectivity index (χ0) is 14.8. The third-order valence-corrected chi connectivity index (χ3v) is 3.95. The van der Waals surface area contributed by atoms with E-state index in [0.717, 1.165) is 48.5 Å². The molecular formula is C15H20N4O2. The number of nitrogens with zero attached hydrogens (tertiary/aromatic N) is 3. The number of anilines is 1. The molecule has 6 heteroatoms. The SMILES string of the molecule is CCOC(=O)C1CCN(c2ncnc3[nH]c(C)cc23)CC1. The Morgan fingerprint density at radius 3 is 2.90 bits per heavy atom. The van der Waals surface area contributed by atoms with Gasteiger partial charge >= 0.3 is 5.97 Å². The van der Waals surface area contributed by atoms with Gasteiger partial charge in [0.25, 0.3) is 0 Å². The van der Waals surface area contributed by atoms with Gasteiger partial charge in [0.1, 0.15) is 17.8 Å². The first-order valence-corrected chi connectivity index (χ1v) is 7.41. The Bertz CT molecular complexity index is 644. The van der Waals surface area contributed by atoms with Crippen LogP contribution in [0, 0.1) is 12.8 Å². The zero-order valence-electron chi connectivity index (χ0n) is 12.4. The zero-order valence-corrected chi connectivity index (χ0v) is 12.4. The maximum atomic E-state index is 11.8. The summed E-state index contributed by atoms with van der Waals surface area (Å²) >= 11 is 0. The van der Waals surface area contributed by atoms with Gasteiger partial charge in [0.15, 0.2) is 0 Å². The van der Waals surface area contributed by atoms with Crippen LogP contribution in [0.25, 0.3) is 11.0 Å². The Balaban J connectivity index is 1.75. The summed E-state index contributed by atoms with van der Waals surface area (Å²) in [6.07, 6.45) is 3.21. The van der Waals surface area contributed by atoms with E-state index in [1.54, 1.807) is 6.33 Å². The van der Waals surface area contributed by atoms with E-state index in [-0.39, 0.29) is 11.9 Å². The molecule has 0 atom stereocenters. The summed E-state index contributed by atoms with van der Waals surface area (Å²) in [7, 11) is 0. The van der Waals surface area contributed by atoms with Gasteiger partial charge in [-0.2, -0.15) is 0 Å². The van der Waals surface area contributed by atoms with Crippen molar-refractivity contribution in [3.8, 4) is 0 Å². The fraction of sp³-hybridized carbons (Fsp3) is 0.533. The minimum Gasteiger partial charge on any atom is -0.466 e. The summed E-state index contributed by atoms with van der Waals surface area (Å²) < 4.78 is 5.11. The highest BCUT2D eigenvalue weighted by molar-refractivity contribution is 5.88. The lowest BCUT2D eigenvalue weighted by molar-refractivity contribution is -0.148. The second-order valence-electron chi connectivity index (χ2n) is 5.43. The average Bonchev–Trinajstić information content (AvgIpc) is 2.87. The molecule has 1 saturated heterocycles. The highest BCUT2D eigenvalue weighted by Crippen LogP contribution is 2.28. The minimum absolute atomic E-state index is 0.0199. The van der Waals surface area contributed by atoms with E-state index >= 15 is 0 Å². The van der Waals surface area contributed by atoms with E-state index in [4.69, 9.17) is 4.74 Å². The van der Waals surface area contributed by atoms with Crippen LogP contribution in [0.3, 0.4) is 0 Å². The number of carbonyl (C=O) groups excluding carboxylic acids is 1. The smallest absolute Gasteiger partial charge is 0.309 e. The molecule has 0 unspecified atom stereocenters. The molecule has 6 nitrogen and oxygen atoms in total. The molecule has 0 aromatic carbocycles. The molecule has 3 rings (SSSR count). The molecule has 21 heavy (non-hydrogen) atoms. The van der Waals surface area contributed by atoms with E-state index in [0.29, 0.717) is 6.61 Å². The first-order valence-electron chi connectivity index (χ1n) is 7.41. The van der Waals surface area contributed by atoms with Crippen molar-refractivity contribution in [2.45, 2.75) is 26.7 Å². The van der Waals surface area contributed by atoms with Gasteiger partial charge in [0, 0.05) is 18.8 Å². The summed E-state index contributed by atoms with van der Waals surface area (Å²) in [5.74, 6) is 0.903. The number of hydrogen-bond acceptors (Lipinski definition) is 5. The normalized spacial score (nSPS) is 16.4. The molecule has 0 saturated carbocycles. The van der Waals surface area contributed by atoms with Crippen molar-refractivity contribution in [2.24, 2.45) is 5.92 Å². The number of fused-ring (bicyclic) bond motifs is 1. The predicted molar refractivity (Wildman–Crippen MR) is 80.2 cm³/mol. The van der Waals surface area contributed by atoms with Crippen molar-refractivity contribution < 1.29 is 9.53 Å². The Morgan fingerprint density at radius 1 is 1.43 bits per heavy atom. The number of aromatic nitrogens is 3. The average molecular weight is 288 g/mol. The van der Waals surface area contributed by atoms with E-state index < -0.39 is 0 Å². The second kappa shape index (κ2) is 5.71. The van der Waals surface area contributed by atoms with Gasteiger partial charge in [0.05, 0.1) is 17.9 Å². The maximum absolute atomic E-state index is 11.8. The summed E-state index contributed by atoms with van der Waals surface area (Å²) in [6, 6.07) is 2.07. The number of carbonyl (C=O) groups is 1. The number of rotatable bonds is 3. The Morgan fingerprint density at radius 2 is 2.19 bits per heavy atom. The van der Waals surface area contributed by atoms with Gasteiger partial charge in [-0.1, -0.05) is 0 Å². The molecular weight excluding hydrogens is 268 g/mol. The van der Waals surface area contributed by atoms with Crippen molar-refractivity contribution >= 4 is 22.8 Å². The molecule has 0 radical (unpaired) electrons. The largest absolute Gasteiger partial charge is 0.466 e. The molecule has 1 N–H and O–H groups in total. The molecule has 1 aliphatic heterocycles. The first-order chi connectivity index (χ1) is 10.2. The topological polar surface area (TPSA) is 71.1 Å². The quantitative estimate of drug-likeness (QED) is 0.875. The number of aromatic amines is 1. The monoisotopic (exact) mass is 288 g/mol. The predicted octanol–water partition coefficient (Wildman–Crippen LogP) is 2.05. The van der Waals surface area contributed by atoms with Crippen molar-refractivity contribution in [1.29, 1.82) is 0 Å². The number of esters is 1. The molecule has 1 fully saturated rings. The van der Waals surface area contributed by atoms with Crippen molar-refractivity contribution in [3.63, 3.8) is 0 Å².